The predicted molar refractivity (Wildman–Crippen MR) is 107 cm³/mol. The maximum atomic E-state index is 9.18. The monoisotopic (exact) mass is 416 g/mol. The van der Waals surface area contributed by atoms with Gasteiger partial charge in [0.25, 0.3) is 0 Å². The Bertz CT molecular complexity index is 440. The maximum Gasteiger partial charge on any atom is 0.404 e. The maximum absolute atomic E-state index is 9.18. The molecule has 1 aromatic carbocycles. The molecule has 0 radical (unpaired) electrons. The number of unbranched alkanes of at least 4 members (excludes halogenated alkanes) is 3. The van der Waals surface area contributed by atoms with Gasteiger partial charge in [0.1, 0.15) is 5.75 Å². The highest BCUT2D eigenvalue weighted by Crippen LogP contribution is 2.36. The van der Waals surface area contributed by atoms with Crippen LogP contribution in [0.5, 0.6) is 5.75 Å². The number of aliphatic hydroxyl groups is 1. The van der Waals surface area contributed by atoms with Crippen LogP contribution in [-0.2, 0) is 11.0 Å². The lowest BCUT2D eigenvalue weighted by atomic mass is 10.2. The van der Waals surface area contributed by atoms with Crippen LogP contribution < -0.4 is 4.43 Å². The van der Waals surface area contributed by atoms with Crippen LogP contribution in [0, 0.1) is 0 Å². The summed E-state index contributed by atoms with van der Waals surface area (Å²) in [6, 6.07) is 7.71. The van der Waals surface area contributed by atoms with Crippen molar-refractivity contribution in [2.45, 2.75) is 71.1 Å². The molecule has 0 amide bonds. The summed E-state index contributed by atoms with van der Waals surface area (Å²) in [4.78, 5) is 0. The number of rotatable bonds is 12. The highest BCUT2D eigenvalue weighted by atomic mass is 79.9. The van der Waals surface area contributed by atoms with Crippen molar-refractivity contribution in [1.29, 1.82) is 0 Å². The molecule has 3 nitrogen and oxygen atoms in total. The van der Waals surface area contributed by atoms with Crippen molar-refractivity contribution in [2.75, 3.05) is 11.9 Å². The molecule has 0 aliphatic carbocycles. The average Bonchev–Trinajstić information content (AvgIpc) is 2.57. The summed E-state index contributed by atoms with van der Waals surface area (Å²) in [6.07, 6.45) is 4.77. The van der Waals surface area contributed by atoms with Crippen LogP contribution in [0.25, 0.3) is 0 Å². The Morgan fingerprint density at radius 3 is 2.04 bits per heavy atom. The van der Waals surface area contributed by atoms with E-state index in [0.29, 0.717) is 11.1 Å². The van der Waals surface area contributed by atoms with Gasteiger partial charge in [0.2, 0.25) is 0 Å². The molecule has 0 aliphatic rings. The summed E-state index contributed by atoms with van der Waals surface area (Å²) in [5.74, 6) is 0.848. The van der Waals surface area contributed by atoms with Crippen LogP contribution in [0.3, 0.4) is 0 Å². The van der Waals surface area contributed by atoms with Crippen molar-refractivity contribution in [3.63, 3.8) is 0 Å². The molecular formula is C19H33BrO3Si. The standard InChI is InChI=1S/C19H33BrO3Si/c1-16(2)24(17(3)4,22-14-8-6-5-7-13-20)23-19-11-9-18(15-21)10-12-19/h9-12,16-17,21H,5-8,13-15H2,1-4H3. The number of hydrogen-bond acceptors (Lipinski definition) is 3. The second kappa shape index (κ2) is 11.3. The van der Waals surface area contributed by atoms with E-state index in [2.05, 4.69) is 43.6 Å². The largest absolute Gasteiger partial charge is 0.520 e. The molecule has 0 saturated heterocycles. The fourth-order valence-electron chi connectivity index (χ4n) is 2.89. The summed E-state index contributed by atoms with van der Waals surface area (Å²) in [5, 5.41) is 10.3. The fourth-order valence-corrected chi connectivity index (χ4v) is 6.79. The minimum Gasteiger partial charge on any atom is -0.520 e. The number of hydrogen-bond donors (Lipinski definition) is 1. The lowest BCUT2D eigenvalue weighted by Crippen LogP contribution is -2.51. The predicted octanol–water partition coefficient (Wildman–Crippen LogP) is 5.79. The van der Waals surface area contributed by atoms with Crippen molar-refractivity contribution in [1.82, 2.24) is 0 Å². The van der Waals surface area contributed by atoms with E-state index in [1.807, 2.05) is 24.3 Å². The van der Waals surface area contributed by atoms with Crippen molar-refractivity contribution < 1.29 is 14.0 Å². The Hall–Kier alpha value is -0.363. The molecule has 138 valence electrons. The SMILES string of the molecule is CC(C)[Si](OCCCCCCBr)(Oc1ccc(CO)cc1)C(C)C. The molecule has 24 heavy (non-hydrogen) atoms. The second-order valence-electron chi connectivity index (χ2n) is 6.89. The molecule has 0 saturated carbocycles. The molecule has 0 bridgehead atoms. The van der Waals surface area contributed by atoms with E-state index in [1.165, 1.54) is 19.3 Å². The smallest absolute Gasteiger partial charge is 0.404 e. The van der Waals surface area contributed by atoms with Crippen molar-refractivity contribution in [2.24, 2.45) is 0 Å². The molecule has 0 heterocycles. The first-order valence-corrected chi connectivity index (χ1v) is 12.1. The van der Waals surface area contributed by atoms with Crippen molar-refractivity contribution in [3.05, 3.63) is 29.8 Å². The number of benzene rings is 1. The molecule has 1 aromatic rings. The molecule has 0 aliphatic heterocycles. The second-order valence-corrected chi connectivity index (χ2v) is 11.9. The Labute approximate surface area is 157 Å². The summed E-state index contributed by atoms with van der Waals surface area (Å²) in [7, 11) is -2.36. The van der Waals surface area contributed by atoms with Gasteiger partial charge in [-0.1, -0.05) is 68.6 Å². The van der Waals surface area contributed by atoms with Gasteiger partial charge in [0, 0.05) is 23.0 Å². The van der Waals surface area contributed by atoms with E-state index >= 15 is 0 Å². The molecule has 0 spiro atoms. The Morgan fingerprint density at radius 1 is 0.958 bits per heavy atom. The first-order valence-electron chi connectivity index (χ1n) is 9.05. The molecule has 5 heteroatoms. The summed E-state index contributed by atoms with van der Waals surface area (Å²) in [6.45, 7) is 9.66. The molecule has 0 atom stereocenters. The zero-order chi connectivity index (χ0) is 18.0. The zero-order valence-corrected chi connectivity index (χ0v) is 18.1. The molecule has 1 rings (SSSR count). The Morgan fingerprint density at radius 2 is 1.54 bits per heavy atom. The minimum absolute atomic E-state index is 0.0577. The normalized spacial score (nSPS) is 12.2. The molecule has 1 N–H and O–H groups in total. The van der Waals surface area contributed by atoms with Crippen LogP contribution in [0.15, 0.2) is 24.3 Å². The third kappa shape index (κ3) is 6.51. The summed E-state index contributed by atoms with van der Waals surface area (Å²) in [5.41, 5.74) is 1.64. The van der Waals surface area contributed by atoms with E-state index in [-0.39, 0.29) is 6.61 Å². The Kier molecular flexibility index (Phi) is 10.2. The summed E-state index contributed by atoms with van der Waals surface area (Å²) >= 11 is 3.48. The Balaban J connectivity index is 2.73. The lowest BCUT2D eigenvalue weighted by molar-refractivity contribution is 0.214. The van der Waals surface area contributed by atoms with Gasteiger partial charge in [0.15, 0.2) is 0 Å². The summed E-state index contributed by atoms with van der Waals surface area (Å²) < 4.78 is 12.9. The molecular weight excluding hydrogens is 384 g/mol. The highest BCUT2D eigenvalue weighted by Gasteiger charge is 2.47. The average molecular weight is 417 g/mol. The number of alkyl halides is 1. The van der Waals surface area contributed by atoms with E-state index in [0.717, 1.165) is 29.7 Å². The van der Waals surface area contributed by atoms with E-state index in [1.54, 1.807) is 0 Å². The van der Waals surface area contributed by atoms with Gasteiger partial charge in [-0.2, -0.15) is 0 Å². The third-order valence-electron chi connectivity index (χ3n) is 4.35. The van der Waals surface area contributed by atoms with Crippen LogP contribution in [-0.4, -0.2) is 25.6 Å². The number of halogens is 1. The van der Waals surface area contributed by atoms with Gasteiger partial charge in [0.05, 0.1) is 6.61 Å². The van der Waals surface area contributed by atoms with Crippen molar-refractivity contribution >= 4 is 24.5 Å². The van der Waals surface area contributed by atoms with Gasteiger partial charge < -0.3 is 14.0 Å². The van der Waals surface area contributed by atoms with Crippen molar-refractivity contribution in [3.8, 4) is 5.75 Å². The first kappa shape index (κ1) is 21.7. The van der Waals surface area contributed by atoms with Gasteiger partial charge >= 0.3 is 8.56 Å². The van der Waals surface area contributed by atoms with E-state index < -0.39 is 8.56 Å². The van der Waals surface area contributed by atoms with Gasteiger partial charge in [-0.05, 0) is 30.5 Å². The van der Waals surface area contributed by atoms with Gasteiger partial charge in [-0.3, -0.25) is 0 Å². The van der Waals surface area contributed by atoms with Gasteiger partial charge in [-0.15, -0.1) is 0 Å². The van der Waals surface area contributed by atoms with E-state index in [9.17, 15) is 5.11 Å². The third-order valence-corrected chi connectivity index (χ3v) is 9.34. The molecule has 0 aromatic heterocycles. The number of aliphatic hydroxyl groups excluding tert-OH is 1. The van der Waals surface area contributed by atoms with Crippen LogP contribution in [0.2, 0.25) is 11.1 Å². The van der Waals surface area contributed by atoms with Gasteiger partial charge in [-0.25, -0.2) is 0 Å². The first-order chi connectivity index (χ1) is 11.5. The lowest BCUT2D eigenvalue weighted by Gasteiger charge is -2.37. The molecule has 0 fully saturated rings. The van der Waals surface area contributed by atoms with Crippen LogP contribution in [0.1, 0.15) is 58.9 Å². The van der Waals surface area contributed by atoms with Crippen LogP contribution >= 0.6 is 15.9 Å². The quantitative estimate of drug-likeness (QED) is 0.266. The molecule has 0 unspecified atom stereocenters. The van der Waals surface area contributed by atoms with E-state index in [4.69, 9.17) is 8.85 Å². The highest BCUT2D eigenvalue weighted by molar-refractivity contribution is 9.09. The fraction of sp³-hybridized carbons (Fsp3) is 0.684. The zero-order valence-electron chi connectivity index (χ0n) is 15.6. The topological polar surface area (TPSA) is 38.7 Å². The minimum atomic E-state index is -2.36. The van der Waals surface area contributed by atoms with Crippen LogP contribution in [0.4, 0.5) is 0 Å².